The van der Waals surface area contributed by atoms with Crippen molar-refractivity contribution in [1.29, 1.82) is 0 Å². The van der Waals surface area contributed by atoms with Crippen LogP contribution in [0.25, 0.3) is 11.1 Å². The van der Waals surface area contributed by atoms with Crippen molar-refractivity contribution in [1.82, 2.24) is 0 Å². The first kappa shape index (κ1) is 38.6. The summed E-state index contributed by atoms with van der Waals surface area (Å²) in [6.45, 7) is 18.5. The largest absolute Gasteiger partial charge is 0.673 e. The van der Waals surface area contributed by atoms with Gasteiger partial charge in [-0.1, -0.05) is 171 Å². The molecular formula is C45H51BF4N2. The predicted octanol–water partition coefficient (Wildman–Crippen LogP) is 13.0. The van der Waals surface area contributed by atoms with E-state index in [1.165, 1.54) is 55.9 Å². The lowest BCUT2D eigenvalue weighted by Gasteiger charge is -2.28. The predicted molar refractivity (Wildman–Crippen MR) is 211 cm³/mol. The molecule has 0 saturated carbocycles. The Balaban J connectivity index is 0.000000979. The van der Waals surface area contributed by atoms with Gasteiger partial charge in [-0.15, -0.1) is 0 Å². The van der Waals surface area contributed by atoms with E-state index in [1.807, 2.05) is 0 Å². The Hall–Kier alpha value is -4.65. The second-order valence-electron chi connectivity index (χ2n) is 15.6. The fourth-order valence-corrected chi connectivity index (χ4v) is 7.12. The molecule has 0 aromatic heterocycles. The van der Waals surface area contributed by atoms with Crippen LogP contribution in [-0.4, -0.2) is 18.2 Å². The maximum Gasteiger partial charge on any atom is 0.673 e. The van der Waals surface area contributed by atoms with E-state index in [9.17, 15) is 17.3 Å². The van der Waals surface area contributed by atoms with Crippen LogP contribution in [0.15, 0.2) is 121 Å². The summed E-state index contributed by atoms with van der Waals surface area (Å²) in [5.74, 6) is 0. The monoisotopic (exact) mass is 706 g/mol. The minimum Gasteiger partial charge on any atom is -0.418 e. The molecule has 1 heterocycles. The highest BCUT2D eigenvalue weighted by molar-refractivity contribution is 6.50. The summed E-state index contributed by atoms with van der Waals surface area (Å²) >= 11 is 0. The molecule has 7 heteroatoms. The summed E-state index contributed by atoms with van der Waals surface area (Å²) < 4.78 is 41.6. The summed E-state index contributed by atoms with van der Waals surface area (Å²) in [7, 11) is -6.00. The van der Waals surface area contributed by atoms with Crippen LogP contribution in [0.3, 0.4) is 0 Å². The molecule has 2 nitrogen and oxygen atoms in total. The fraction of sp³-hybridized carbons (Fsp3) is 0.311. The van der Waals surface area contributed by atoms with E-state index in [0.717, 1.165) is 12.8 Å². The first-order valence-electron chi connectivity index (χ1n) is 18.3. The van der Waals surface area contributed by atoms with E-state index in [0.29, 0.717) is 0 Å². The Morgan fingerprint density at radius 1 is 0.596 bits per heavy atom. The van der Waals surface area contributed by atoms with E-state index in [4.69, 9.17) is 0 Å². The molecule has 52 heavy (non-hydrogen) atoms. The van der Waals surface area contributed by atoms with Crippen LogP contribution in [0.5, 0.6) is 0 Å². The van der Waals surface area contributed by atoms with Crippen molar-refractivity contribution in [3.63, 3.8) is 0 Å². The second kappa shape index (κ2) is 15.5. The molecule has 0 unspecified atom stereocenters. The lowest BCUT2D eigenvalue weighted by Crippen LogP contribution is -2.26. The van der Waals surface area contributed by atoms with E-state index in [1.54, 1.807) is 0 Å². The van der Waals surface area contributed by atoms with Crippen molar-refractivity contribution >= 4 is 25.0 Å². The van der Waals surface area contributed by atoms with Gasteiger partial charge in [0, 0.05) is 16.7 Å². The maximum absolute atomic E-state index is 9.75. The first-order chi connectivity index (χ1) is 24.5. The van der Waals surface area contributed by atoms with Crippen molar-refractivity contribution in [3.05, 3.63) is 155 Å². The molecule has 0 amide bonds. The number of nitrogens with zero attached hydrogens (tertiary/aromatic N) is 2. The number of halogens is 4. The molecule has 0 bridgehead atoms. The highest BCUT2D eigenvalue weighted by Gasteiger charge is 2.47. The minimum atomic E-state index is -6.00. The topological polar surface area (TPSA) is 6.25 Å². The minimum absolute atomic E-state index is 0.0346. The SMILES string of the molecule is CCc1cccc(CC)c1[N+]1=CN(c2ccccc2-c2cc(C(C)(C)C)cc(C(C)(C)C)c2)[C@@H](c2ccccc2)[C@@H]1c1ccccc1.F[B-](F)(F)F. The van der Waals surface area contributed by atoms with Crippen molar-refractivity contribution in [3.8, 4) is 11.1 Å². The molecule has 0 fully saturated rings. The maximum atomic E-state index is 9.75. The molecule has 1 aliphatic rings. The molecule has 5 aromatic carbocycles. The van der Waals surface area contributed by atoms with Gasteiger partial charge >= 0.3 is 7.25 Å². The summed E-state index contributed by atoms with van der Waals surface area (Å²) in [6.07, 6.45) is 4.38. The molecule has 6 rings (SSSR count). The summed E-state index contributed by atoms with van der Waals surface area (Å²) in [5, 5.41) is 0. The number of rotatable bonds is 7. The summed E-state index contributed by atoms with van der Waals surface area (Å²) in [4.78, 5) is 2.56. The van der Waals surface area contributed by atoms with Crippen LogP contribution in [0, 0.1) is 0 Å². The zero-order valence-electron chi connectivity index (χ0n) is 31.7. The van der Waals surface area contributed by atoms with Crippen LogP contribution >= 0.6 is 0 Å². The lowest BCUT2D eigenvalue weighted by atomic mass is 9.78. The quantitative estimate of drug-likeness (QED) is 0.0928. The molecule has 0 aliphatic carbocycles. The number of benzene rings is 5. The Morgan fingerprint density at radius 2 is 1.06 bits per heavy atom. The van der Waals surface area contributed by atoms with Crippen LogP contribution in [0.4, 0.5) is 28.6 Å². The van der Waals surface area contributed by atoms with Crippen molar-refractivity contribution in [2.24, 2.45) is 0 Å². The molecule has 0 saturated heterocycles. The summed E-state index contributed by atoms with van der Waals surface area (Å²) in [6, 6.07) is 45.5. The van der Waals surface area contributed by atoms with E-state index < -0.39 is 7.25 Å². The first-order valence-corrected chi connectivity index (χ1v) is 18.3. The van der Waals surface area contributed by atoms with Gasteiger partial charge in [0.25, 0.3) is 0 Å². The fourth-order valence-electron chi connectivity index (χ4n) is 7.12. The molecule has 0 spiro atoms. The Kier molecular flexibility index (Phi) is 11.5. The lowest BCUT2D eigenvalue weighted by molar-refractivity contribution is -0.482. The third-order valence-electron chi connectivity index (χ3n) is 9.81. The second-order valence-corrected chi connectivity index (χ2v) is 15.6. The van der Waals surface area contributed by atoms with Gasteiger partial charge in [0.05, 0.1) is 0 Å². The van der Waals surface area contributed by atoms with Crippen molar-refractivity contribution in [2.45, 2.75) is 91.1 Å². The number of aryl methyl sites for hydroxylation is 2. The van der Waals surface area contributed by atoms with E-state index in [2.05, 4.69) is 193 Å². The Bertz CT molecular complexity index is 1930. The van der Waals surface area contributed by atoms with Crippen LogP contribution < -0.4 is 4.90 Å². The van der Waals surface area contributed by atoms with Crippen LogP contribution in [0.1, 0.15) is 101 Å². The molecule has 5 aromatic rings. The Labute approximate surface area is 308 Å². The van der Waals surface area contributed by atoms with Crippen molar-refractivity contribution in [2.75, 3.05) is 4.90 Å². The zero-order chi connectivity index (χ0) is 37.8. The van der Waals surface area contributed by atoms with Crippen LogP contribution in [-0.2, 0) is 23.7 Å². The average molecular weight is 707 g/mol. The van der Waals surface area contributed by atoms with Gasteiger partial charge in [0.15, 0.2) is 12.1 Å². The van der Waals surface area contributed by atoms with Crippen LogP contribution in [0.2, 0.25) is 0 Å². The van der Waals surface area contributed by atoms with Gasteiger partial charge in [-0.3, -0.25) is 0 Å². The molecule has 2 atom stereocenters. The van der Waals surface area contributed by atoms with Crippen molar-refractivity contribution < 1.29 is 21.8 Å². The number of anilines is 1. The molecule has 0 N–H and O–H groups in total. The summed E-state index contributed by atoms with van der Waals surface area (Å²) in [5.41, 5.74) is 13.3. The van der Waals surface area contributed by atoms with Gasteiger partial charge in [-0.2, -0.15) is 0 Å². The zero-order valence-corrected chi connectivity index (χ0v) is 31.7. The van der Waals surface area contributed by atoms with E-state index >= 15 is 0 Å². The molecule has 0 radical (unpaired) electrons. The number of para-hydroxylation sites is 2. The van der Waals surface area contributed by atoms with Gasteiger partial charge in [0.1, 0.15) is 11.4 Å². The van der Waals surface area contributed by atoms with Gasteiger partial charge in [-0.25, -0.2) is 9.48 Å². The number of hydrogen-bond donors (Lipinski definition) is 0. The number of hydrogen-bond acceptors (Lipinski definition) is 1. The van der Waals surface area contributed by atoms with E-state index in [-0.39, 0.29) is 22.9 Å². The average Bonchev–Trinajstić information content (AvgIpc) is 3.50. The Morgan fingerprint density at radius 3 is 1.54 bits per heavy atom. The van der Waals surface area contributed by atoms with Gasteiger partial charge in [-0.05, 0) is 57.6 Å². The molecule has 1 aliphatic heterocycles. The van der Waals surface area contributed by atoms with Gasteiger partial charge in [0.2, 0.25) is 6.34 Å². The third kappa shape index (κ3) is 8.86. The molecule has 272 valence electrons. The smallest absolute Gasteiger partial charge is 0.418 e. The third-order valence-corrected chi connectivity index (χ3v) is 9.81. The van der Waals surface area contributed by atoms with Gasteiger partial charge < -0.3 is 17.3 Å². The normalized spacial score (nSPS) is 16.3. The molecular weight excluding hydrogens is 655 g/mol. The highest BCUT2D eigenvalue weighted by atomic mass is 19.5. The standard InChI is InChI=1S/C45H51N2.BF4/c1-9-32-24-19-25-33(10-2)41(32)47-31-46(42(34-20-13-11-14-21-34)43(47)35-22-15-12-16-23-35)40-27-18-17-26-39(40)36-28-37(44(3,4)5)30-38(29-36)45(6,7)8;2-1(3,4)5/h11-31,42-43H,9-10H2,1-8H3;/q+1;-1/t42-,43-;/m0./s1. The highest BCUT2D eigenvalue weighted by Crippen LogP contribution is 2.49.